The molecule has 0 atom stereocenters. The molecule has 21 heavy (non-hydrogen) atoms. The van der Waals surface area contributed by atoms with Crippen molar-refractivity contribution in [3.8, 4) is 11.1 Å². The van der Waals surface area contributed by atoms with Gasteiger partial charge in [-0.1, -0.05) is 25.5 Å². The van der Waals surface area contributed by atoms with Gasteiger partial charge in [-0.15, -0.1) is 0 Å². The number of hydrogen-bond donors (Lipinski definition) is 1. The van der Waals surface area contributed by atoms with Crippen molar-refractivity contribution in [3.05, 3.63) is 57.9 Å². The predicted octanol–water partition coefficient (Wildman–Crippen LogP) is 3.09. The summed E-state index contributed by atoms with van der Waals surface area (Å²) in [5, 5.41) is 3.03. The zero-order chi connectivity index (χ0) is 15.0. The molecule has 108 valence electrons. The van der Waals surface area contributed by atoms with Gasteiger partial charge in [0.2, 0.25) is 0 Å². The highest BCUT2D eigenvalue weighted by Crippen LogP contribution is 2.26. The second-order valence-corrected chi connectivity index (χ2v) is 5.11. The molecule has 0 aliphatic rings. The lowest BCUT2D eigenvalue weighted by Gasteiger charge is -2.02. The van der Waals surface area contributed by atoms with Crippen LogP contribution >= 0.6 is 0 Å². The molecule has 1 aromatic carbocycles. The Balaban J connectivity index is 2.28. The Bertz CT molecular complexity index is 846. The van der Waals surface area contributed by atoms with E-state index in [0.717, 1.165) is 35.4 Å². The molecule has 5 heteroatoms. The van der Waals surface area contributed by atoms with E-state index < -0.39 is 0 Å². The number of H-pyrrole nitrogens is 1. The van der Waals surface area contributed by atoms with Gasteiger partial charge in [0.05, 0.1) is 0 Å². The zero-order valence-corrected chi connectivity index (χ0v) is 12.0. The maximum Gasteiger partial charge on any atom is 0.272 e. The second kappa shape index (κ2) is 5.16. The number of hydrogen-bond acceptors (Lipinski definition) is 2. The largest absolute Gasteiger partial charge is 0.293 e. The Kier molecular flexibility index (Phi) is 3.33. The number of fused-ring (bicyclic) bond motifs is 1. The Morgan fingerprint density at radius 2 is 2.00 bits per heavy atom. The maximum absolute atomic E-state index is 13.1. The minimum Gasteiger partial charge on any atom is -0.293 e. The van der Waals surface area contributed by atoms with Crippen molar-refractivity contribution in [2.75, 3.05) is 0 Å². The van der Waals surface area contributed by atoms with Gasteiger partial charge in [-0.25, -0.2) is 13.9 Å². The van der Waals surface area contributed by atoms with Crippen molar-refractivity contribution in [1.82, 2.24) is 14.6 Å². The van der Waals surface area contributed by atoms with Crippen LogP contribution in [0.1, 0.15) is 24.7 Å². The first kappa shape index (κ1) is 13.5. The van der Waals surface area contributed by atoms with Gasteiger partial charge in [-0.05, 0) is 31.0 Å². The van der Waals surface area contributed by atoms with E-state index in [1.165, 1.54) is 16.6 Å². The first-order valence-electron chi connectivity index (χ1n) is 6.97. The molecule has 0 fully saturated rings. The van der Waals surface area contributed by atoms with E-state index in [1.54, 1.807) is 18.2 Å². The SMILES string of the molecule is CCCc1cc(=O)n2[nH]c(C)c(-c3ccc(F)cc3)c2n1. The third-order valence-electron chi connectivity index (χ3n) is 3.49. The number of aromatic nitrogens is 3. The molecule has 3 aromatic rings. The number of nitrogens with one attached hydrogen (secondary N) is 1. The molecule has 3 rings (SSSR count). The molecule has 0 spiro atoms. The lowest BCUT2D eigenvalue weighted by Crippen LogP contribution is -2.15. The summed E-state index contributed by atoms with van der Waals surface area (Å²) in [6.07, 6.45) is 1.69. The van der Waals surface area contributed by atoms with Gasteiger partial charge in [-0.3, -0.25) is 9.89 Å². The van der Waals surface area contributed by atoms with Crippen molar-refractivity contribution in [1.29, 1.82) is 0 Å². The summed E-state index contributed by atoms with van der Waals surface area (Å²) in [6, 6.07) is 7.77. The highest BCUT2D eigenvalue weighted by atomic mass is 19.1. The van der Waals surface area contributed by atoms with Crippen LogP contribution in [0.4, 0.5) is 4.39 Å². The molecule has 0 saturated heterocycles. The Labute approximate surface area is 121 Å². The summed E-state index contributed by atoms with van der Waals surface area (Å²) < 4.78 is 14.5. The van der Waals surface area contributed by atoms with Crippen molar-refractivity contribution in [3.63, 3.8) is 0 Å². The van der Waals surface area contributed by atoms with Crippen molar-refractivity contribution in [2.24, 2.45) is 0 Å². The average Bonchev–Trinajstić information content (AvgIpc) is 2.77. The van der Waals surface area contributed by atoms with Crippen molar-refractivity contribution in [2.45, 2.75) is 26.7 Å². The van der Waals surface area contributed by atoms with Crippen LogP contribution in [-0.4, -0.2) is 14.6 Å². The molecule has 0 saturated carbocycles. The normalized spacial score (nSPS) is 11.2. The monoisotopic (exact) mass is 285 g/mol. The molecular weight excluding hydrogens is 269 g/mol. The first-order valence-corrected chi connectivity index (χ1v) is 6.97. The highest BCUT2D eigenvalue weighted by Gasteiger charge is 2.14. The van der Waals surface area contributed by atoms with Gasteiger partial charge in [0.1, 0.15) is 5.82 Å². The fourth-order valence-electron chi connectivity index (χ4n) is 2.54. The number of aryl methyl sites for hydroxylation is 2. The van der Waals surface area contributed by atoms with Crippen molar-refractivity contribution < 1.29 is 4.39 Å². The molecule has 0 unspecified atom stereocenters. The van der Waals surface area contributed by atoms with E-state index in [4.69, 9.17) is 0 Å². The molecular formula is C16H16FN3O. The van der Waals surface area contributed by atoms with Crippen LogP contribution in [0.2, 0.25) is 0 Å². The Morgan fingerprint density at radius 1 is 1.29 bits per heavy atom. The highest BCUT2D eigenvalue weighted by molar-refractivity contribution is 5.79. The molecule has 0 amide bonds. The molecule has 2 aromatic heterocycles. The molecule has 2 heterocycles. The lowest BCUT2D eigenvalue weighted by molar-refractivity contribution is 0.628. The van der Waals surface area contributed by atoms with E-state index in [0.29, 0.717) is 5.65 Å². The molecule has 0 bridgehead atoms. The Hall–Kier alpha value is -2.43. The summed E-state index contributed by atoms with van der Waals surface area (Å²) in [5.74, 6) is -0.284. The van der Waals surface area contributed by atoms with Gasteiger partial charge in [0.15, 0.2) is 5.65 Å². The zero-order valence-electron chi connectivity index (χ0n) is 12.0. The van der Waals surface area contributed by atoms with Crippen LogP contribution in [0.3, 0.4) is 0 Å². The molecule has 1 N–H and O–H groups in total. The van der Waals surface area contributed by atoms with Crippen molar-refractivity contribution >= 4 is 5.65 Å². The molecule has 4 nitrogen and oxygen atoms in total. The van der Waals surface area contributed by atoms with Crippen LogP contribution in [-0.2, 0) is 6.42 Å². The third-order valence-corrected chi connectivity index (χ3v) is 3.49. The first-order chi connectivity index (χ1) is 10.1. The second-order valence-electron chi connectivity index (χ2n) is 5.11. The minimum absolute atomic E-state index is 0.125. The number of benzene rings is 1. The number of nitrogens with zero attached hydrogens (tertiary/aromatic N) is 2. The predicted molar refractivity (Wildman–Crippen MR) is 79.9 cm³/mol. The van der Waals surface area contributed by atoms with E-state index in [2.05, 4.69) is 10.1 Å². The number of aromatic amines is 1. The average molecular weight is 285 g/mol. The number of rotatable bonds is 3. The maximum atomic E-state index is 13.1. The summed E-state index contributed by atoms with van der Waals surface area (Å²) in [4.78, 5) is 16.7. The summed E-state index contributed by atoms with van der Waals surface area (Å²) in [5.41, 5.74) is 3.76. The van der Waals surface area contributed by atoms with Gasteiger partial charge in [-0.2, -0.15) is 0 Å². The van der Waals surface area contributed by atoms with Crippen LogP contribution in [0.15, 0.2) is 35.1 Å². The van der Waals surface area contributed by atoms with E-state index in [-0.39, 0.29) is 11.4 Å². The van der Waals surface area contributed by atoms with Crippen LogP contribution in [0.25, 0.3) is 16.8 Å². The summed E-state index contributed by atoms with van der Waals surface area (Å²) in [6.45, 7) is 3.93. The molecule has 0 aliphatic carbocycles. The topological polar surface area (TPSA) is 50.2 Å². The van der Waals surface area contributed by atoms with E-state index in [1.807, 2.05) is 13.8 Å². The van der Waals surface area contributed by atoms with E-state index >= 15 is 0 Å². The van der Waals surface area contributed by atoms with Crippen LogP contribution in [0.5, 0.6) is 0 Å². The third kappa shape index (κ3) is 2.35. The van der Waals surface area contributed by atoms with Gasteiger partial charge in [0, 0.05) is 23.0 Å². The molecule has 0 aliphatic heterocycles. The van der Waals surface area contributed by atoms with E-state index in [9.17, 15) is 9.18 Å². The fraction of sp³-hybridized carbons (Fsp3) is 0.250. The standard InChI is InChI=1S/C16H16FN3O/c1-3-4-13-9-14(21)20-16(18-13)15(10(2)19-20)11-5-7-12(17)8-6-11/h5-9,19H,3-4H2,1-2H3. The van der Waals surface area contributed by atoms with Crippen LogP contribution < -0.4 is 5.56 Å². The fourth-order valence-corrected chi connectivity index (χ4v) is 2.54. The minimum atomic E-state index is -0.284. The van der Waals surface area contributed by atoms with Gasteiger partial charge in [0.25, 0.3) is 5.56 Å². The summed E-state index contributed by atoms with van der Waals surface area (Å²) in [7, 11) is 0. The number of halogens is 1. The Morgan fingerprint density at radius 3 is 2.67 bits per heavy atom. The van der Waals surface area contributed by atoms with Crippen LogP contribution in [0, 0.1) is 12.7 Å². The summed E-state index contributed by atoms with van der Waals surface area (Å²) >= 11 is 0. The quantitative estimate of drug-likeness (QED) is 0.804. The smallest absolute Gasteiger partial charge is 0.272 e. The van der Waals surface area contributed by atoms with Gasteiger partial charge < -0.3 is 0 Å². The lowest BCUT2D eigenvalue weighted by atomic mass is 10.1. The van der Waals surface area contributed by atoms with Gasteiger partial charge >= 0.3 is 0 Å². The molecule has 0 radical (unpaired) electrons.